The number of nitro groups is 1. The zero-order valence-corrected chi connectivity index (χ0v) is 18.3. The van der Waals surface area contributed by atoms with Gasteiger partial charge in [0.1, 0.15) is 5.75 Å². The van der Waals surface area contributed by atoms with E-state index in [-0.39, 0.29) is 22.3 Å². The van der Waals surface area contributed by atoms with Crippen LogP contribution in [0.2, 0.25) is 0 Å². The molecule has 0 aliphatic rings. The van der Waals surface area contributed by atoms with Crippen LogP contribution in [0.15, 0.2) is 36.4 Å². The molecule has 164 valence electrons. The zero-order valence-electron chi connectivity index (χ0n) is 17.5. The van der Waals surface area contributed by atoms with Gasteiger partial charge in [-0.15, -0.1) is 0 Å². The van der Waals surface area contributed by atoms with Crippen molar-refractivity contribution in [2.24, 2.45) is 0 Å². The summed E-state index contributed by atoms with van der Waals surface area (Å²) in [5, 5.41) is 19.2. The molecule has 0 atom stereocenters. The number of nitrogens with one attached hydrogen (secondary N) is 3. The molecular formula is C21H24N4O5S. The van der Waals surface area contributed by atoms with Gasteiger partial charge in [-0.3, -0.25) is 25.0 Å². The highest BCUT2D eigenvalue weighted by molar-refractivity contribution is 7.80. The first-order valence-electron chi connectivity index (χ1n) is 9.60. The van der Waals surface area contributed by atoms with Gasteiger partial charge in [0.15, 0.2) is 5.11 Å². The molecule has 0 heterocycles. The monoisotopic (exact) mass is 444 g/mol. The molecule has 2 amide bonds. The van der Waals surface area contributed by atoms with E-state index in [0.29, 0.717) is 29.1 Å². The van der Waals surface area contributed by atoms with Crippen molar-refractivity contribution in [2.75, 3.05) is 17.7 Å². The molecule has 0 aliphatic heterocycles. The number of unbranched alkanes of at least 4 members (excludes halogenated alkanes) is 1. The van der Waals surface area contributed by atoms with Gasteiger partial charge in [-0.05, 0) is 43.8 Å². The lowest BCUT2D eigenvalue weighted by atomic mass is 10.1. The number of amides is 2. The number of carbonyl (C=O) groups excluding carboxylic acids is 2. The standard InChI is InChI=1S/C21H24N4O5S/c1-4-5-6-19(26)23-16-10-9-15(12-18(16)30-3)22-21(31)24-20(27)14-8-7-13(2)17(11-14)25(28)29/h7-12H,4-6H2,1-3H3,(H,23,26)(H2,22,24,27,31). The minimum Gasteiger partial charge on any atom is -0.494 e. The fraction of sp³-hybridized carbons (Fsp3) is 0.286. The predicted molar refractivity (Wildman–Crippen MR) is 123 cm³/mol. The average molecular weight is 445 g/mol. The molecule has 3 N–H and O–H groups in total. The molecule has 0 radical (unpaired) electrons. The van der Waals surface area contributed by atoms with Crippen molar-refractivity contribution in [1.82, 2.24) is 5.32 Å². The second-order valence-corrected chi connectivity index (χ2v) is 7.14. The quantitative estimate of drug-likeness (QED) is 0.317. The molecule has 9 nitrogen and oxygen atoms in total. The summed E-state index contributed by atoms with van der Waals surface area (Å²) in [4.78, 5) is 34.9. The highest BCUT2D eigenvalue weighted by atomic mass is 32.1. The summed E-state index contributed by atoms with van der Waals surface area (Å²) in [6.45, 7) is 3.60. The maximum atomic E-state index is 12.4. The van der Waals surface area contributed by atoms with Crippen LogP contribution in [0.25, 0.3) is 0 Å². The number of nitro benzene ring substituents is 1. The smallest absolute Gasteiger partial charge is 0.273 e. The van der Waals surface area contributed by atoms with Crippen LogP contribution < -0.4 is 20.7 Å². The molecule has 0 bridgehead atoms. The lowest BCUT2D eigenvalue weighted by molar-refractivity contribution is -0.385. The Morgan fingerprint density at radius 1 is 1.16 bits per heavy atom. The Balaban J connectivity index is 2.05. The lowest BCUT2D eigenvalue weighted by Crippen LogP contribution is -2.34. The van der Waals surface area contributed by atoms with Gasteiger partial charge in [-0.2, -0.15) is 0 Å². The topological polar surface area (TPSA) is 123 Å². The third-order valence-corrected chi connectivity index (χ3v) is 4.59. The summed E-state index contributed by atoms with van der Waals surface area (Å²) in [5.41, 5.74) is 1.48. The number of hydrogen-bond acceptors (Lipinski definition) is 6. The number of anilines is 2. The second kappa shape index (κ2) is 11.0. The van der Waals surface area contributed by atoms with E-state index in [4.69, 9.17) is 17.0 Å². The summed E-state index contributed by atoms with van der Waals surface area (Å²) < 4.78 is 5.32. The zero-order chi connectivity index (χ0) is 23.0. The SMILES string of the molecule is CCCCC(=O)Nc1ccc(NC(=S)NC(=O)c2ccc(C)c([N+](=O)[O-])c2)cc1OC. The van der Waals surface area contributed by atoms with E-state index in [1.165, 1.54) is 25.3 Å². The average Bonchev–Trinajstić information content (AvgIpc) is 2.73. The first-order chi connectivity index (χ1) is 14.7. The van der Waals surface area contributed by atoms with Crippen LogP contribution in [0, 0.1) is 17.0 Å². The minimum absolute atomic E-state index is 0.00927. The molecule has 2 rings (SSSR count). The Morgan fingerprint density at radius 3 is 2.55 bits per heavy atom. The fourth-order valence-corrected chi connectivity index (χ4v) is 2.92. The Labute approximate surface area is 185 Å². The normalized spacial score (nSPS) is 10.2. The molecule has 0 saturated carbocycles. The van der Waals surface area contributed by atoms with Crippen molar-refractivity contribution in [1.29, 1.82) is 0 Å². The maximum absolute atomic E-state index is 12.4. The summed E-state index contributed by atoms with van der Waals surface area (Å²) in [7, 11) is 1.48. The van der Waals surface area contributed by atoms with Gasteiger partial charge in [0.2, 0.25) is 5.91 Å². The summed E-state index contributed by atoms with van der Waals surface area (Å²) in [6.07, 6.45) is 2.14. The van der Waals surface area contributed by atoms with Crippen LogP contribution in [-0.4, -0.2) is 29.0 Å². The first kappa shape index (κ1) is 23.7. The number of methoxy groups -OCH3 is 1. The highest BCUT2D eigenvalue weighted by Gasteiger charge is 2.16. The van der Waals surface area contributed by atoms with E-state index < -0.39 is 10.8 Å². The maximum Gasteiger partial charge on any atom is 0.273 e. The first-order valence-corrected chi connectivity index (χ1v) is 10.0. The van der Waals surface area contributed by atoms with Crippen LogP contribution in [0.5, 0.6) is 5.75 Å². The Bertz CT molecular complexity index is 1010. The number of ether oxygens (including phenoxy) is 1. The molecule has 0 saturated heterocycles. The third-order valence-electron chi connectivity index (χ3n) is 4.39. The van der Waals surface area contributed by atoms with Crippen molar-refractivity contribution in [2.45, 2.75) is 33.1 Å². The molecule has 10 heteroatoms. The van der Waals surface area contributed by atoms with Crippen molar-refractivity contribution >= 4 is 46.2 Å². The number of nitrogens with zero attached hydrogens (tertiary/aromatic N) is 1. The highest BCUT2D eigenvalue weighted by Crippen LogP contribution is 2.28. The number of thiocarbonyl (C=S) groups is 1. The van der Waals surface area contributed by atoms with Crippen LogP contribution in [-0.2, 0) is 4.79 Å². The molecule has 0 unspecified atom stereocenters. The van der Waals surface area contributed by atoms with E-state index in [1.807, 2.05) is 6.92 Å². The summed E-state index contributed by atoms with van der Waals surface area (Å²) in [6, 6.07) is 9.16. The number of carbonyl (C=O) groups is 2. The second-order valence-electron chi connectivity index (χ2n) is 6.73. The van der Waals surface area contributed by atoms with Crippen LogP contribution in [0.4, 0.5) is 17.1 Å². The van der Waals surface area contributed by atoms with Gasteiger partial charge in [-0.1, -0.05) is 19.4 Å². The van der Waals surface area contributed by atoms with Gasteiger partial charge in [0.05, 0.1) is 17.7 Å². The Hall–Kier alpha value is -3.53. The van der Waals surface area contributed by atoms with Crippen molar-refractivity contribution < 1.29 is 19.2 Å². The van der Waals surface area contributed by atoms with Gasteiger partial charge in [0.25, 0.3) is 11.6 Å². The number of aryl methyl sites for hydroxylation is 1. The van der Waals surface area contributed by atoms with E-state index in [9.17, 15) is 19.7 Å². The molecule has 31 heavy (non-hydrogen) atoms. The molecule has 0 fully saturated rings. The van der Waals surface area contributed by atoms with E-state index in [0.717, 1.165) is 12.8 Å². The van der Waals surface area contributed by atoms with Crippen molar-refractivity contribution in [3.05, 3.63) is 57.6 Å². The van der Waals surface area contributed by atoms with Crippen molar-refractivity contribution in [3.8, 4) is 5.75 Å². The van der Waals surface area contributed by atoms with Gasteiger partial charge in [0, 0.05) is 35.4 Å². The van der Waals surface area contributed by atoms with Crippen LogP contribution in [0.1, 0.15) is 42.1 Å². The molecular weight excluding hydrogens is 420 g/mol. The molecule has 2 aromatic carbocycles. The molecule has 0 aliphatic carbocycles. The van der Waals surface area contributed by atoms with E-state index >= 15 is 0 Å². The summed E-state index contributed by atoms with van der Waals surface area (Å²) in [5.74, 6) is -0.249. The largest absolute Gasteiger partial charge is 0.494 e. The van der Waals surface area contributed by atoms with Gasteiger partial charge in [-0.25, -0.2) is 0 Å². The number of hydrogen-bond donors (Lipinski definition) is 3. The summed E-state index contributed by atoms with van der Waals surface area (Å²) >= 11 is 5.17. The molecule has 0 spiro atoms. The fourth-order valence-electron chi connectivity index (χ4n) is 2.71. The van der Waals surface area contributed by atoms with Crippen molar-refractivity contribution in [3.63, 3.8) is 0 Å². The minimum atomic E-state index is -0.577. The molecule has 0 aromatic heterocycles. The van der Waals surface area contributed by atoms with Gasteiger partial charge >= 0.3 is 0 Å². The van der Waals surface area contributed by atoms with E-state index in [1.54, 1.807) is 25.1 Å². The lowest BCUT2D eigenvalue weighted by Gasteiger charge is -2.14. The Morgan fingerprint density at radius 2 is 1.90 bits per heavy atom. The Kier molecular flexibility index (Phi) is 8.44. The predicted octanol–water partition coefficient (Wildman–Crippen LogP) is 4.17. The van der Waals surface area contributed by atoms with Crippen LogP contribution >= 0.6 is 12.2 Å². The third kappa shape index (κ3) is 6.75. The molecule has 2 aromatic rings. The van der Waals surface area contributed by atoms with Crippen LogP contribution in [0.3, 0.4) is 0 Å². The number of rotatable bonds is 8. The number of benzene rings is 2. The van der Waals surface area contributed by atoms with Gasteiger partial charge < -0.3 is 15.4 Å². The van der Waals surface area contributed by atoms with E-state index in [2.05, 4.69) is 16.0 Å².